The zero-order valence-corrected chi connectivity index (χ0v) is 14.2. The van der Waals surface area contributed by atoms with E-state index in [1.165, 1.54) is 0 Å². The molecule has 0 N–H and O–H groups in total. The topological polar surface area (TPSA) is 9.23 Å². The number of ether oxygens (including phenoxy) is 1. The Kier molecular flexibility index (Phi) is 6.89. The van der Waals surface area contributed by atoms with Crippen LogP contribution in [0.25, 0.3) is 0 Å². The van der Waals surface area contributed by atoms with Crippen molar-refractivity contribution in [2.45, 2.75) is 42.4 Å². The van der Waals surface area contributed by atoms with Crippen molar-refractivity contribution in [3.63, 3.8) is 0 Å². The number of hydrogen-bond donors (Lipinski definition) is 0. The maximum Gasteiger partial charge on any atom is 0.460 e. The van der Waals surface area contributed by atoms with Crippen molar-refractivity contribution >= 4 is 0 Å². The summed E-state index contributed by atoms with van der Waals surface area (Å²) in [5.74, 6) is -44.1. The van der Waals surface area contributed by atoms with Gasteiger partial charge in [0.15, 0.2) is 23.3 Å². The fourth-order valence-corrected chi connectivity index (χ4v) is 2.17. The SMILES string of the molecule is COC(CC(F)(F)C(F)(F)C(F)(F)C(F)(F)C(F)(F)F)c1c(F)c(F)c(F)c(F)c1F. The number of alkyl halides is 11. The second-order valence-corrected chi connectivity index (χ2v) is 5.84. The number of hydrogen-bond acceptors (Lipinski definition) is 1. The zero-order chi connectivity index (χ0) is 25.0. The molecule has 0 fully saturated rings. The van der Waals surface area contributed by atoms with E-state index in [-0.39, 0.29) is 7.11 Å². The Hall–Kier alpha value is -1.94. The fourth-order valence-electron chi connectivity index (χ4n) is 2.17. The van der Waals surface area contributed by atoms with E-state index in [1.807, 2.05) is 0 Å². The predicted octanol–water partition coefficient (Wildman–Crippen LogP) is 6.56. The van der Waals surface area contributed by atoms with Gasteiger partial charge in [-0.1, -0.05) is 0 Å². The number of rotatable bonds is 7. The van der Waals surface area contributed by atoms with Gasteiger partial charge in [0.2, 0.25) is 5.82 Å². The molecule has 1 aromatic rings. The lowest BCUT2D eigenvalue weighted by Gasteiger charge is -2.38. The Labute approximate surface area is 160 Å². The predicted molar refractivity (Wildman–Crippen MR) is 66.4 cm³/mol. The molecule has 0 saturated heterocycles. The van der Waals surface area contributed by atoms with E-state index in [4.69, 9.17) is 0 Å². The van der Waals surface area contributed by atoms with Crippen molar-refractivity contribution in [1.82, 2.24) is 0 Å². The molecule has 1 nitrogen and oxygen atoms in total. The molecule has 1 rings (SSSR count). The van der Waals surface area contributed by atoms with E-state index in [2.05, 4.69) is 4.74 Å². The highest BCUT2D eigenvalue weighted by atomic mass is 19.4. The van der Waals surface area contributed by atoms with E-state index in [0.29, 0.717) is 0 Å². The van der Waals surface area contributed by atoms with Gasteiger partial charge in [0.25, 0.3) is 0 Å². The average Bonchev–Trinajstić information content (AvgIpc) is 2.62. The Morgan fingerprint density at radius 2 is 0.935 bits per heavy atom. The van der Waals surface area contributed by atoms with E-state index in [0.717, 1.165) is 0 Å². The first-order valence-corrected chi connectivity index (χ1v) is 7.22. The summed E-state index contributed by atoms with van der Waals surface area (Å²) in [6, 6.07) is 0. The highest BCUT2D eigenvalue weighted by molar-refractivity contribution is 5.27. The Morgan fingerprint density at radius 1 is 0.581 bits per heavy atom. The lowest BCUT2D eigenvalue weighted by Crippen LogP contribution is -2.66. The molecule has 31 heavy (non-hydrogen) atoms. The first-order valence-electron chi connectivity index (χ1n) is 7.22. The van der Waals surface area contributed by atoms with E-state index >= 15 is 0 Å². The van der Waals surface area contributed by atoms with Gasteiger partial charge in [-0.2, -0.15) is 48.3 Å². The number of benzene rings is 1. The molecule has 0 aliphatic heterocycles. The normalized spacial score (nSPS) is 15.4. The van der Waals surface area contributed by atoms with Crippen LogP contribution in [0, 0.1) is 29.1 Å². The monoisotopic (exact) mass is 494 g/mol. The largest absolute Gasteiger partial charge is 0.460 e. The van der Waals surface area contributed by atoms with Crippen LogP contribution in [0.3, 0.4) is 0 Å². The van der Waals surface area contributed by atoms with Crippen LogP contribution in [0.5, 0.6) is 0 Å². The summed E-state index contributed by atoms with van der Waals surface area (Å²) < 4.78 is 213. The van der Waals surface area contributed by atoms with E-state index in [9.17, 15) is 70.2 Å². The quantitative estimate of drug-likeness (QED) is 0.237. The fraction of sp³-hybridized carbons (Fsp3) is 0.571. The maximum atomic E-state index is 13.8. The summed E-state index contributed by atoms with van der Waals surface area (Å²) in [6.45, 7) is 0. The van der Waals surface area contributed by atoms with Crippen LogP contribution in [0.2, 0.25) is 0 Å². The zero-order valence-electron chi connectivity index (χ0n) is 14.2. The lowest BCUT2D eigenvalue weighted by atomic mass is 9.92. The standard InChI is InChI=1S/C14H6F16O/c1-31-3(4-5(15)7(17)9(19)8(18)6(4)16)2-10(20,21)11(22,23)12(24,25)13(26,27)14(28,29)30/h3H,2H2,1H3. The molecule has 0 radical (unpaired) electrons. The minimum absolute atomic E-state index is 0.124. The van der Waals surface area contributed by atoms with Crippen LogP contribution in [0.1, 0.15) is 18.1 Å². The van der Waals surface area contributed by atoms with Crippen molar-refractivity contribution in [3.05, 3.63) is 34.6 Å². The molecule has 0 heterocycles. The molecule has 1 atom stereocenters. The third kappa shape index (κ3) is 4.00. The summed E-state index contributed by atoms with van der Waals surface area (Å²) in [7, 11) is 0.124. The maximum absolute atomic E-state index is 13.8. The Balaban J connectivity index is 3.56. The molecule has 0 saturated carbocycles. The van der Waals surface area contributed by atoms with Crippen LogP contribution < -0.4 is 0 Å². The van der Waals surface area contributed by atoms with Gasteiger partial charge >= 0.3 is 29.9 Å². The third-order valence-corrected chi connectivity index (χ3v) is 3.90. The van der Waals surface area contributed by atoms with Gasteiger partial charge in [-0.3, -0.25) is 0 Å². The molecule has 1 aromatic carbocycles. The molecule has 180 valence electrons. The van der Waals surface area contributed by atoms with Crippen LogP contribution in [-0.4, -0.2) is 37.0 Å². The van der Waals surface area contributed by atoms with Crippen LogP contribution in [0.15, 0.2) is 0 Å². The Morgan fingerprint density at radius 3 is 1.26 bits per heavy atom. The van der Waals surface area contributed by atoms with Gasteiger partial charge in [-0.25, -0.2) is 22.0 Å². The van der Waals surface area contributed by atoms with Gasteiger partial charge in [-0.05, 0) is 0 Å². The molecule has 1 unspecified atom stereocenters. The second-order valence-electron chi connectivity index (χ2n) is 5.84. The van der Waals surface area contributed by atoms with Gasteiger partial charge in [-0.15, -0.1) is 0 Å². The lowest BCUT2D eigenvalue weighted by molar-refractivity contribution is -0.423. The van der Waals surface area contributed by atoms with Gasteiger partial charge in [0.05, 0.1) is 11.7 Å². The third-order valence-electron chi connectivity index (χ3n) is 3.90. The summed E-state index contributed by atoms with van der Waals surface area (Å²) >= 11 is 0. The minimum atomic E-state index is -7.82. The van der Waals surface area contributed by atoms with Crippen molar-refractivity contribution in [1.29, 1.82) is 0 Å². The van der Waals surface area contributed by atoms with Crippen molar-refractivity contribution in [2.75, 3.05) is 7.11 Å². The van der Waals surface area contributed by atoms with E-state index in [1.54, 1.807) is 0 Å². The van der Waals surface area contributed by atoms with Gasteiger partial charge < -0.3 is 4.74 Å². The average molecular weight is 494 g/mol. The molecule has 0 spiro atoms. The summed E-state index contributed by atoms with van der Waals surface area (Å²) in [6.07, 6.45) is -14.0. The molecule has 0 amide bonds. The van der Waals surface area contributed by atoms with Gasteiger partial charge in [0, 0.05) is 13.5 Å². The van der Waals surface area contributed by atoms with Crippen LogP contribution in [-0.2, 0) is 4.74 Å². The highest BCUT2D eigenvalue weighted by Gasteiger charge is 2.87. The van der Waals surface area contributed by atoms with Crippen molar-refractivity contribution in [3.8, 4) is 0 Å². The summed E-state index contributed by atoms with van der Waals surface area (Å²) in [4.78, 5) is 0. The van der Waals surface area contributed by atoms with Crippen molar-refractivity contribution < 1.29 is 75.0 Å². The summed E-state index contributed by atoms with van der Waals surface area (Å²) in [5, 5.41) is 0. The van der Waals surface area contributed by atoms with Crippen LogP contribution in [0.4, 0.5) is 70.2 Å². The molecular formula is C14H6F16O. The molecule has 0 aliphatic carbocycles. The highest BCUT2D eigenvalue weighted by Crippen LogP contribution is 2.58. The molecule has 0 aromatic heterocycles. The van der Waals surface area contributed by atoms with E-state index < -0.39 is 77.0 Å². The van der Waals surface area contributed by atoms with Crippen molar-refractivity contribution in [2.24, 2.45) is 0 Å². The first-order chi connectivity index (χ1) is 13.6. The van der Waals surface area contributed by atoms with Gasteiger partial charge in [0.1, 0.15) is 0 Å². The first kappa shape index (κ1) is 27.1. The number of halogens is 16. The van der Waals surface area contributed by atoms with Crippen LogP contribution >= 0.6 is 0 Å². The number of methoxy groups -OCH3 is 1. The Bertz CT molecular complexity index is 798. The molecule has 0 aliphatic rings. The summed E-state index contributed by atoms with van der Waals surface area (Å²) in [5.41, 5.74) is -2.39. The molecule has 0 bridgehead atoms. The second kappa shape index (κ2) is 7.88. The minimum Gasteiger partial charge on any atom is -0.376 e. The molecular weight excluding hydrogens is 488 g/mol. The smallest absolute Gasteiger partial charge is 0.376 e. The molecule has 17 heteroatoms.